The molecule has 0 heterocycles. The van der Waals surface area contributed by atoms with E-state index in [9.17, 15) is 4.79 Å². The van der Waals surface area contributed by atoms with Gasteiger partial charge in [0.15, 0.2) is 0 Å². The normalized spacial score (nSPS) is 17.9. The molecule has 0 aliphatic heterocycles. The van der Waals surface area contributed by atoms with Gasteiger partial charge in [0.1, 0.15) is 0 Å². The fraction of sp³-hybridized carbons (Fsp3) is 0.462. The Morgan fingerprint density at radius 3 is 2.56 bits per heavy atom. The summed E-state index contributed by atoms with van der Waals surface area (Å²) in [5.41, 5.74) is 0.812. The van der Waals surface area contributed by atoms with Crippen LogP contribution < -0.4 is 10.6 Å². The summed E-state index contributed by atoms with van der Waals surface area (Å²) in [6, 6.07) is 7.27. The Hall–Kier alpha value is -1.26. The molecule has 1 aliphatic carbocycles. The molecule has 5 heteroatoms. The molecule has 4 nitrogen and oxygen atoms in total. The van der Waals surface area contributed by atoms with Gasteiger partial charge in [0.25, 0.3) is 0 Å². The summed E-state index contributed by atoms with van der Waals surface area (Å²) >= 11 is 5.84. The summed E-state index contributed by atoms with van der Waals surface area (Å²) < 4.78 is 0. The first kappa shape index (κ1) is 13.2. The number of carbonyl (C=O) groups is 1. The highest BCUT2D eigenvalue weighted by Crippen LogP contribution is 2.45. The standard InChI is InChI=1S/C13H17ClN2O2/c1-9(17)8-15-12(18)16-13(6-7-13)10-2-4-11(14)5-3-10/h2-5,9,17H,6-8H2,1H3,(H2,15,16,18). The average Bonchev–Trinajstić information content (AvgIpc) is 3.08. The number of urea groups is 1. The third kappa shape index (κ3) is 3.15. The van der Waals surface area contributed by atoms with E-state index in [2.05, 4.69) is 10.6 Å². The fourth-order valence-electron chi connectivity index (χ4n) is 1.88. The van der Waals surface area contributed by atoms with Crippen molar-refractivity contribution in [2.45, 2.75) is 31.4 Å². The Labute approximate surface area is 111 Å². The zero-order valence-electron chi connectivity index (χ0n) is 10.2. The molecular formula is C13H17ClN2O2. The van der Waals surface area contributed by atoms with Crippen molar-refractivity contribution >= 4 is 17.6 Å². The van der Waals surface area contributed by atoms with Crippen LogP contribution in [0, 0.1) is 0 Å². The van der Waals surface area contributed by atoms with Crippen molar-refractivity contribution in [1.29, 1.82) is 0 Å². The number of carbonyl (C=O) groups excluding carboxylic acids is 1. The van der Waals surface area contributed by atoms with Crippen LogP contribution in [-0.4, -0.2) is 23.8 Å². The monoisotopic (exact) mass is 268 g/mol. The van der Waals surface area contributed by atoms with Crippen molar-refractivity contribution in [3.05, 3.63) is 34.9 Å². The Morgan fingerprint density at radius 2 is 2.06 bits per heavy atom. The number of rotatable bonds is 4. The molecule has 2 amide bonds. The van der Waals surface area contributed by atoms with Crippen LogP contribution in [0.4, 0.5) is 4.79 Å². The summed E-state index contributed by atoms with van der Waals surface area (Å²) in [6.07, 6.45) is 1.31. The molecule has 1 aromatic carbocycles. The van der Waals surface area contributed by atoms with Crippen LogP contribution in [0.5, 0.6) is 0 Å². The number of aliphatic hydroxyl groups excluding tert-OH is 1. The molecule has 0 saturated heterocycles. The van der Waals surface area contributed by atoms with Gasteiger partial charge >= 0.3 is 6.03 Å². The van der Waals surface area contributed by atoms with Crippen LogP contribution in [0.3, 0.4) is 0 Å². The van der Waals surface area contributed by atoms with E-state index in [0.717, 1.165) is 18.4 Å². The smallest absolute Gasteiger partial charge is 0.315 e. The van der Waals surface area contributed by atoms with E-state index in [4.69, 9.17) is 16.7 Å². The summed E-state index contributed by atoms with van der Waals surface area (Å²) in [5, 5.41) is 15.4. The lowest BCUT2D eigenvalue weighted by Gasteiger charge is -2.19. The average molecular weight is 269 g/mol. The van der Waals surface area contributed by atoms with Crippen molar-refractivity contribution < 1.29 is 9.90 Å². The number of halogens is 1. The number of hydrogen-bond acceptors (Lipinski definition) is 2. The van der Waals surface area contributed by atoms with Gasteiger partial charge in [0.2, 0.25) is 0 Å². The second kappa shape index (κ2) is 5.16. The van der Waals surface area contributed by atoms with Crippen molar-refractivity contribution in [1.82, 2.24) is 10.6 Å². The topological polar surface area (TPSA) is 61.4 Å². The van der Waals surface area contributed by atoms with Crippen molar-refractivity contribution in [2.24, 2.45) is 0 Å². The summed E-state index contributed by atoms with van der Waals surface area (Å²) in [4.78, 5) is 11.7. The van der Waals surface area contributed by atoms with Crippen molar-refractivity contribution in [3.63, 3.8) is 0 Å². The van der Waals surface area contributed by atoms with Gasteiger partial charge in [0.05, 0.1) is 11.6 Å². The van der Waals surface area contributed by atoms with Crippen LogP contribution in [0.25, 0.3) is 0 Å². The molecule has 1 fully saturated rings. The maximum Gasteiger partial charge on any atom is 0.315 e. The number of nitrogens with one attached hydrogen (secondary N) is 2. The van der Waals surface area contributed by atoms with Gasteiger partial charge in [0, 0.05) is 11.6 Å². The van der Waals surface area contributed by atoms with Crippen molar-refractivity contribution in [3.8, 4) is 0 Å². The lowest BCUT2D eigenvalue weighted by molar-refractivity contribution is 0.186. The van der Waals surface area contributed by atoms with Crippen LogP contribution in [0.2, 0.25) is 5.02 Å². The van der Waals surface area contributed by atoms with Gasteiger partial charge in [-0.05, 0) is 37.5 Å². The molecule has 3 N–H and O–H groups in total. The van der Waals surface area contributed by atoms with Gasteiger partial charge < -0.3 is 15.7 Å². The first-order chi connectivity index (χ1) is 8.52. The van der Waals surface area contributed by atoms with E-state index < -0.39 is 6.10 Å². The second-order valence-corrected chi connectivity index (χ2v) is 5.21. The maximum absolute atomic E-state index is 11.7. The Balaban J connectivity index is 1.96. The molecule has 1 saturated carbocycles. The molecule has 18 heavy (non-hydrogen) atoms. The Morgan fingerprint density at radius 1 is 1.44 bits per heavy atom. The lowest BCUT2D eigenvalue weighted by Crippen LogP contribution is -2.44. The van der Waals surface area contributed by atoms with E-state index in [-0.39, 0.29) is 18.1 Å². The van der Waals surface area contributed by atoms with E-state index in [1.54, 1.807) is 6.92 Å². The molecule has 98 valence electrons. The summed E-state index contributed by atoms with van der Waals surface area (Å²) in [5.74, 6) is 0. The summed E-state index contributed by atoms with van der Waals surface area (Å²) in [7, 11) is 0. The first-order valence-electron chi connectivity index (χ1n) is 6.02. The molecule has 0 radical (unpaired) electrons. The predicted octanol–water partition coefficient (Wildman–Crippen LogP) is 2.01. The quantitative estimate of drug-likeness (QED) is 0.782. The van der Waals surface area contributed by atoms with E-state index in [1.165, 1.54) is 0 Å². The maximum atomic E-state index is 11.7. The zero-order valence-corrected chi connectivity index (χ0v) is 11.0. The van der Waals surface area contributed by atoms with Crippen LogP contribution in [0.15, 0.2) is 24.3 Å². The van der Waals surface area contributed by atoms with Crippen LogP contribution >= 0.6 is 11.6 Å². The number of aliphatic hydroxyl groups is 1. The van der Waals surface area contributed by atoms with Gasteiger partial charge in [-0.2, -0.15) is 0 Å². The number of benzene rings is 1. The highest BCUT2D eigenvalue weighted by atomic mass is 35.5. The first-order valence-corrected chi connectivity index (χ1v) is 6.40. The molecule has 1 unspecified atom stereocenters. The second-order valence-electron chi connectivity index (χ2n) is 4.77. The molecule has 1 aliphatic rings. The molecular weight excluding hydrogens is 252 g/mol. The number of amides is 2. The van der Waals surface area contributed by atoms with Crippen LogP contribution in [-0.2, 0) is 5.54 Å². The highest BCUT2D eigenvalue weighted by molar-refractivity contribution is 6.30. The molecule has 0 spiro atoms. The van der Waals surface area contributed by atoms with E-state index in [0.29, 0.717) is 5.02 Å². The molecule has 0 bridgehead atoms. The largest absolute Gasteiger partial charge is 0.392 e. The van der Waals surface area contributed by atoms with Gasteiger partial charge in [-0.15, -0.1) is 0 Å². The van der Waals surface area contributed by atoms with Crippen molar-refractivity contribution in [2.75, 3.05) is 6.54 Å². The Bertz CT molecular complexity index is 427. The molecule has 1 atom stereocenters. The van der Waals surface area contributed by atoms with Gasteiger partial charge in [-0.1, -0.05) is 23.7 Å². The third-order valence-corrected chi connectivity index (χ3v) is 3.31. The van der Waals surface area contributed by atoms with Gasteiger partial charge in [-0.3, -0.25) is 0 Å². The third-order valence-electron chi connectivity index (χ3n) is 3.06. The minimum atomic E-state index is -0.540. The van der Waals surface area contributed by atoms with E-state index >= 15 is 0 Å². The van der Waals surface area contributed by atoms with Crippen LogP contribution in [0.1, 0.15) is 25.3 Å². The van der Waals surface area contributed by atoms with Gasteiger partial charge in [-0.25, -0.2) is 4.79 Å². The fourth-order valence-corrected chi connectivity index (χ4v) is 2.01. The minimum Gasteiger partial charge on any atom is -0.392 e. The molecule has 0 aromatic heterocycles. The minimum absolute atomic E-state index is 0.247. The molecule has 1 aromatic rings. The Kier molecular flexibility index (Phi) is 3.78. The predicted molar refractivity (Wildman–Crippen MR) is 70.6 cm³/mol. The molecule has 2 rings (SSSR count). The zero-order chi connectivity index (χ0) is 13.2. The summed E-state index contributed by atoms with van der Waals surface area (Å²) in [6.45, 7) is 1.88. The SMILES string of the molecule is CC(O)CNC(=O)NC1(c2ccc(Cl)cc2)CC1. The number of hydrogen-bond donors (Lipinski definition) is 3. The highest BCUT2D eigenvalue weighted by Gasteiger charge is 2.45. The van der Waals surface area contributed by atoms with E-state index in [1.807, 2.05) is 24.3 Å². The lowest BCUT2D eigenvalue weighted by atomic mass is 10.1.